The first kappa shape index (κ1) is 14.6. The first-order valence-electron chi connectivity index (χ1n) is 5.26. The molecule has 1 rings (SSSR count). The predicted molar refractivity (Wildman–Crippen MR) is 68.9 cm³/mol. The summed E-state index contributed by atoms with van der Waals surface area (Å²) < 4.78 is 21.2. The van der Waals surface area contributed by atoms with E-state index in [1.54, 1.807) is 11.3 Å². The Kier molecular flexibility index (Phi) is 5.53. The molecule has 0 saturated carbocycles. The Balaban J connectivity index is 2.46. The van der Waals surface area contributed by atoms with Crippen LogP contribution in [-0.2, 0) is 24.8 Å². The zero-order valence-corrected chi connectivity index (χ0v) is 12.0. The van der Waals surface area contributed by atoms with E-state index in [4.69, 9.17) is 9.05 Å². The fraction of sp³-hybridized carbons (Fsp3) is 0.545. The first-order valence-corrected chi connectivity index (χ1v) is 7.86. The number of carbonyl (C=O) groups is 1. The van der Waals surface area contributed by atoms with Gasteiger partial charge in [0.1, 0.15) is 11.9 Å². The van der Waals surface area contributed by atoms with Crippen molar-refractivity contribution >= 4 is 24.7 Å². The summed E-state index contributed by atoms with van der Waals surface area (Å²) in [6.45, 7) is 2.02. The van der Waals surface area contributed by atoms with E-state index in [0.29, 0.717) is 12.8 Å². The summed E-state index contributed by atoms with van der Waals surface area (Å²) in [5.74, 6) is -0.0927. The Morgan fingerprint density at radius 2 is 2.06 bits per heavy atom. The van der Waals surface area contributed by atoms with E-state index in [1.165, 1.54) is 24.7 Å². The minimum atomic E-state index is -3.20. The molecule has 0 bridgehead atoms. The number of thiophene rings is 1. The summed E-state index contributed by atoms with van der Waals surface area (Å²) in [5, 5.41) is 2.00. The number of hydrogen-bond acceptors (Lipinski definition) is 5. The van der Waals surface area contributed by atoms with E-state index in [1.807, 2.05) is 18.4 Å². The summed E-state index contributed by atoms with van der Waals surface area (Å²) in [6.07, 6.45) is 0.915. The number of carbonyl (C=O) groups excluding carboxylic acids is 1. The lowest BCUT2D eigenvalue weighted by Gasteiger charge is -2.12. The van der Waals surface area contributed by atoms with Crippen LogP contribution in [0.1, 0.15) is 16.9 Å². The van der Waals surface area contributed by atoms with E-state index in [-0.39, 0.29) is 11.9 Å². The van der Waals surface area contributed by atoms with E-state index in [0.717, 1.165) is 0 Å². The standard InChI is InChI=1S/C11H17O4PS/c1-9-6-7-17-11(9)5-4-10(12)8-16(13,14-2)15-3/h6-7H,4-5,8H2,1-3H3. The predicted octanol–water partition coefficient (Wildman–Crippen LogP) is 3.04. The second-order valence-electron chi connectivity index (χ2n) is 3.70. The molecule has 0 aliphatic rings. The molecule has 0 aliphatic heterocycles. The lowest BCUT2D eigenvalue weighted by atomic mass is 10.1. The Bertz CT molecular complexity index is 419. The monoisotopic (exact) mass is 276 g/mol. The largest absolute Gasteiger partial charge is 0.337 e. The second-order valence-corrected chi connectivity index (χ2v) is 6.97. The molecule has 1 heterocycles. The minimum absolute atomic E-state index is 0.0927. The lowest BCUT2D eigenvalue weighted by Crippen LogP contribution is -2.08. The molecule has 0 spiro atoms. The van der Waals surface area contributed by atoms with Gasteiger partial charge in [0.15, 0.2) is 0 Å². The van der Waals surface area contributed by atoms with Crippen LogP contribution in [0.4, 0.5) is 0 Å². The number of hydrogen-bond donors (Lipinski definition) is 0. The summed E-state index contributed by atoms with van der Waals surface area (Å²) in [5.41, 5.74) is 1.20. The molecule has 0 aromatic carbocycles. The van der Waals surface area contributed by atoms with Crippen LogP contribution >= 0.6 is 18.9 Å². The van der Waals surface area contributed by atoms with E-state index >= 15 is 0 Å². The zero-order valence-electron chi connectivity index (χ0n) is 10.3. The molecular formula is C11H17O4PS. The van der Waals surface area contributed by atoms with Crippen molar-refractivity contribution in [1.82, 2.24) is 0 Å². The molecule has 1 aromatic heterocycles. The molecule has 17 heavy (non-hydrogen) atoms. The van der Waals surface area contributed by atoms with Gasteiger partial charge >= 0.3 is 7.60 Å². The third kappa shape index (κ3) is 4.36. The number of Topliss-reactive ketones (excluding diaryl/α,β-unsaturated/α-hetero) is 1. The molecule has 96 valence electrons. The van der Waals surface area contributed by atoms with Gasteiger partial charge in [0.05, 0.1) is 0 Å². The molecule has 0 radical (unpaired) electrons. The van der Waals surface area contributed by atoms with Crippen LogP contribution in [0.25, 0.3) is 0 Å². The molecule has 0 aliphatic carbocycles. The average molecular weight is 276 g/mol. The van der Waals surface area contributed by atoms with Crippen molar-refractivity contribution in [1.29, 1.82) is 0 Å². The van der Waals surface area contributed by atoms with Crippen molar-refractivity contribution < 1.29 is 18.4 Å². The zero-order chi connectivity index (χ0) is 12.9. The maximum Gasteiger partial charge on any atom is 0.337 e. The van der Waals surface area contributed by atoms with Gasteiger partial charge in [-0.1, -0.05) is 0 Å². The molecule has 4 nitrogen and oxygen atoms in total. The van der Waals surface area contributed by atoms with Gasteiger partial charge < -0.3 is 9.05 Å². The van der Waals surface area contributed by atoms with Gasteiger partial charge in [0.2, 0.25) is 0 Å². The van der Waals surface area contributed by atoms with E-state index in [2.05, 4.69) is 0 Å². The number of ketones is 1. The summed E-state index contributed by atoms with van der Waals surface area (Å²) in [7, 11) is -0.617. The minimum Gasteiger partial charge on any atom is -0.312 e. The van der Waals surface area contributed by atoms with Crippen LogP contribution in [0.3, 0.4) is 0 Å². The smallest absolute Gasteiger partial charge is 0.312 e. The van der Waals surface area contributed by atoms with Crippen LogP contribution in [-0.4, -0.2) is 26.2 Å². The van der Waals surface area contributed by atoms with Crippen molar-refractivity contribution in [3.8, 4) is 0 Å². The maximum atomic E-state index is 11.7. The molecule has 0 fully saturated rings. The molecule has 0 N–H and O–H groups in total. The number of rotatable bonds is 7. The van der Waals surface area contributed by atoms with Crippen molar-refractivity contribution in [2.45, 2.75) is 19.8 Å². The van der Waals surface area contributed by atoms with Gasteiger partial charge in [-0.05, 0) is 30.4 Å². The highest BCUT2D eigenvalue weighted by Gasteiger charge is 2.25. The third-order valence-electron chi connectivity index (χ3n) is 2.53. The van der Waals surface area contributed by atoms with Crippen LogP contribution < -0.4 is 0 Å². The van der Waals surface area contributed by atoms with Gasteiger partial charge in [-0.3, -0.25) is 9.36 Å². The SMILES string of the molecule is COP(=O)(CC(=O)CCc1sccc1C)OC. The Hall–Kier alpha value is -0.480. The summed E-state index contributed by atoms with van der Waals surface area (Å²) in [4.78, 5) is 12.9. The van der Waals surface area contributed by atoms with Gasteiger partial charge in [-0.25, -0.2) is 0 Å². The fourth-order valence-corrected chi connectivity index (χ4v) is 3.32. The quantitative estimate of drug-likeness (QED) is 0.718. The fourth-order valence-electron chi connectivity index (χ4n) is 1.41. The van der Waals surface area contributed by atoms with Crippen LogP contribution in [0.2, 0.25) is 0 Å². The van der Waals surface area contributed by atoms with E-state index in [9.17, 15) is 9.36 Å². The van der Waals surface area contributed by atoms with Crippen molar-refractivity contribution in [2.75, 3.05) is 20.4 Å². The second kappa shape index (κ2) is 6.45. The van der Waals surface area contributed by atoms with Gasteiger partial charge in [-0.2, -0.15) is 0 Å². The third-order valence-corrected chi connectivity index (χ3v) is 5.46. The Labute approximate surface area is 105 Å². The lowest BCUT2D eigenvalue weighted by molar-refractivity contribution is -0.116. The summed E-state index contributed by atoms with van der Waals surface area (Å²) >= 11 is 1.64. The Morgan fingerprint density at radius 3 is 2.53 bits per heavy atom. The molecular weight excluding hydrogens is 259 g/mol. The summed E-state index contributed by atoms with van der Waals surface area (Å²) in [6, 6.07) is 2.03. The highest BCUT2D eigenvalue weighted by atomic mass is 32.1. The topological polar surface area (TPSA) is 52.6 Å². The van der Waals surface area contributed by atoms with Gasteiger partial charge in [0.25, 0.3) is 0 Å². The van der Waals surface area contributed by atoms with Crippen molar-refractivity contribution in [2.24, 2.45) is 0 Å². The van der Waals surface area contributed by atoms with Crippen LogP contribution in [0.15, 0.2) is 11.4 Å². The van der Waals surface area contributed by atoms with Crippen LogP contribution in [0.5, 0.6) is 0 Å². The van der Waals surface area contributed by atoms with Crippen molar-refractivity contribution in [3.63, 3.8) is 0 Å². The van der Waals surface area contributed by atoms with Crippen molar-refractivity contribution in [3.05, 3.63) is 21.9 Å². The highest BCUT2D eigenvalue weighted by molar-refractivity contribution is 7.54. The molecule has 1 aromatic rings. The van der Waals surface area contributed by atoms with E-state index < -0.39 is 7.60 Å². The molecule has 6 heteroatoms. The molecule has 0 unspecified atom stereocenters. The highest BCUT2D eigenvalue weighted by Crippen LogP contribution is 2.46. The molecule has 0 amide bonds. The first-order chi connectivity index (χ1) is 8.00. The molecule has 0 atom stereocenters. The van der Waals surface area contributed by atoms with Crippen LogP contribution in [0, 0.1) is 6.92 Å². The number of aryl methyl sites for hydroxylation is 2. The molecule has 0 saturated heterocycles. The normalized spacial score (nSPS) is 11.7. The maximum absolute atomic E-state index is 11.7. The Morgan fingerprint density at radius 1 is 1.41 bits per heavy atom. The van der Waals surface area contributed by atoms with Gasteiger partial charge in [-0.15, -0.1) is 11.3 Å². The average Bonchev–Trinajstić information content (AvgIpc) is 2.72. The van der Waals surface area contributed by atoms with Gasteiger partial charge in [0, 0.05) is 25.5 Å².